The molecule has 1 atom stereocenters. The quantitative estimate of drug-likeness (QED) is 0.647. The number of hydrogen-bond donors (Lipinski definition) is 0. The molecule has 0 fully saturated rings. The van der Waals surface area contributed by atoms with E-state index in [9.17, 15) is 0 Å². The van der Waals surface area contributed by atoms with Gasteiger partial charge in [0.2, 0.25) is 0 Å². The summed E-state index contributed by atoms with van der Waals surface area (Å²) in [5, 5.41) is 0. The van der Waals surface area contributed by atoms with Gasteiger partial charge in [-0.05, 0) is 29.9 Å². The van der Waals surface area contributed by atoms with Crippen molar-refractivity contribution in [3.63, 3.8) is 0 Å². The topological polar surface area (TPSA) is 18.5 Å². The van der Waals surface area contributed by atoms with Gasteiger partial charge in [-0.2, -0.15) is 0 Å². The minimum Gasteiger partial charge on any atom is -0.496 e. The summed E-state index contributed by atoms with van der Waals surface area (Å²) in [7, 11) is 3.49. The molecule has 0 aromatic heterocycles. The van der Waals surface area contributed by atoms with Crippen LogP contribution >= 0.6 is 0 Å². The Morgan fingerprint density at radius 2 is 1.50 bits per heavy atom. The van der Waals surface area contributed by atoms with E-state index in [1.165, 1.54) is 5.56 Å². The van der Waals surface area contributed by atoms with Crippen molar-refractivity contribution in [3.8, 4) is 11.5 Å². The largest absolute Gasteiger partial charge is 0.496 e. The molecule has 2 rings (SSSR count). The second kappa shape index (κ2) is 8.23. The molecule has 1 unspecified atom stereocenters. The molecule has 0 bridgehead atoms. The predicted molar refractivity (Wildman–Crippen MR) is 100 cm³/mol. The maximum atomic E-state index is 5.84. The Kier molecular flexibility index (Phi) is 6.30. The Morgan fingerprint density at radius 3 is 2.00 bits per heavy atom. The lowest BCUT2D eigenvalue weighted by Gasteiger charge is -2.24. The van der Waals surface area contributed by atoms with Gasteiger partial charge in [0.25, 0.3) is 0 Å². The summed E-state index contributed by atoms with van der Waals surface area (Å²) in [5.74, 6) is 2.59. The van der Waals surface area contributed by atoms with Crippen molar-refractivity contribution in [1.82, 2.24) is 0 Å². The molecular formula is C22H29O2. The van der Waals surface area contributed by atoms with Crippen LogP contribution in [0.4, 0.5) is 0 Å². The number of ether oxygens (including phenoxy) is 2. The highest BCUT2D eigenvalue weighted by Gasteiger charge is 2.23. The zero-order chi connectivity index (χ0) is 17.7. The summed E-state index contributed by atoms with van der Waals surface area (Å²) in [5.41, 5.74) is 4.68. The highest BCUT2D eigenvalue weighted by Crippen LogP contribution is 2.43. The van der Waals surface area contributed by atoms with E-state index < -0.39 is 0 Å². The molecule has 129 valence electrons. The van der Waals surface area contributed by atoms with E-state index in [0.717, 1.165) is 41.0 Å². The van der Waals surface area contributed by atoms with Crippen molar-refractivity contribution in [2.45, 2.75) is 52.4 Å². The summed E-state index contributed by atoms with van der Waals surface area (Å²) >= 11 is 0. The van der Waals surface area contributed by atoms with Crippen molar-refractivity contribution >= 4 is 0 Å². The second-order valence-corrected chi connectivity index (χ2v) is 6.62. The van der Waals surface area contributed by atoms with Gasteiger partial charge in [-0.25, -0.2) is 0 Å². The number of benzene rings is 2. The highest BCUT2D eigenvalue weighted by molar-refractivity contribution is 5.57. The molecule has 24 heavy (non-hydrogen) atoms. The third-order valence-corrected chi connectivity index (χ3v) is 4.62. The van der Waals surface area contributed by atoms with Gasteiger partial charge in [0.15, 0.2) is 0 Å². The highest BCUT2D eigenvalue weighted by atomic mass is 16.5. The van der Waals surface area contributed by atoms with Crippen LogP contribution in [0.15, 0.2) is 30.3 Å². The maximum Gasteiger partial charge on any atom is 0.130 e. The molecule has 0 aliphatic rings. The summed E-state index contributed by atoms with van der Waals surface area (Å²) in [6, 6.07) is 14.1. The molecule has 2 aromatic carbocycles. The summed E-state index contributed by atoms with van der Waals surface area (Å²) < 4.78 is 11.6. The van der Waals surface area contributed by atoms with Crippen LogP contribution in [0.5, 0.6) is 11.5 Å². The molecule has 0 amide bonds. The van der Waals surface area contributed by atoms with Crippen LogP contribution in [-0.4, -0.2) is 14.2 Å². The van der Waals surface area contributed by atoms with E-state index in [4.69, 9.17) is 9.47 Å². The third-order valence-electron chi connectivity index (χ3n) is 4.62. The van der Waals surface area contributed by atoms with E-state index in [1.54, 1.807) is 14.2 Å². The Labute approximate surface area is 146 Å². The van der Waals surface area contributed by atoms with E-state index >= 15 is 0 Å². The average molecular weight is 325 g/mol. The fourth-order valence-electron chi connectivity index (χ4n) is 3.07. The van der Waals surface area contributed by atoms with Crippen LogP contribution in [0.2, 0.25) is 0 Å². The number of rotatable bonds is 7. The van der Waals surface area contributed by atoms with Gasteiger partial charge in [-0.15, -0.1) is 0 Å². The smallest absolute Gasteiger partial charge is 0.130 e. The number of methoxy groups -OCH3 is 2. The maximum absolute atomic E-state index is 5.84. The van der Waals surface area contributed by atoms with Crippen molar-refractivity contribution in [2.75, 3.05) is 14.2 Å². The Morgan fingerprint density at radius 1 is 0.917 bits per heavy atom. The minimum absolute atomic E-state index is 0.350. The SMILES string of the molecule is CCC(C)c1[c]c(C(C)C)c(OC)c(Cc2ccccc2)c1OC. The lowest BCUT2D eigenvalue weighted by Crippen LogP contribution is -2.08. The summed E-state index contributed by atoms with van der Waals surface area (Å²) in [6.07, 6.45) is 1.85. The first kappa shape index (κ1) is 18.4. The average Bonchev–Trinajstić information content (AvgIpc) is 2.60. The standard InChI is InChI=1S/C22H29O2/c1-7-16(4)19-14-18(15(2)3)21(23-5)20(22(19)24-6)13-17-11-9-8-10-12-17/h8-12,15-16H,7,13H2,1-6H3. The van der Waals surface area contributed by atoms with Crippen LogP contribution in [0.1, 0.15) is 68.2 Å². The first-order valence-corrected chi connectivity index (χ1v) is 8.77. The molecule has 0 saturated heterocycles. The van der Waals surface area contributed by atoms with Gasteiger partial charge in [0.05, 0.1) is 14.2 Å². The molecule has 0 aliphatic carbocycles. The molecule has 0 aliphatic heterocycles. The van der Waals surface area contributed by atoms with Crippen molar-refractivity contribution < 1.29 is 9.47 Å². The van der Waals surface area contributed by atoms with Crippen molar-refractivity contribution in [3.05, 3.63) is 58.7 Å². The first-order valence-electron chi connectivity index (χ1n) is 8.77. The molecule has 1 radical (unpaired) electrons. The summed E-state index contributed by atoms with van der Waals surface area (Å²) in [4.78, 5) is 0. The van der Waals surface area contributed by atoms with Crippen LogP contribution in [-0.2, 0) is 6.42 Å². The van der Waals surface area contributed by atoms with Gasteiger partial charge >= 0.3 is 0 Å². The molecule has 2 nitrogen and oxygen atoms in total. The Balaban J connectivity index is 2.69. The van der Waals surface area contributed by atoms with E-state index in [0.29, 0.717) is 11.8 Å². The normalized spacial score (nSPS) is 12.3. The van der Waals surface area contributed by atoms with Crippen molar-refractivity contribution in [1.29, 1.82) is 0 Å². The lowest BCUT2D eigenvalue weighted by molar-refractivity contribution is 0.376. The number of hydrogen-bond acceptors (Lipinski definition) is 2. The van der Waals surface area contributed by atoms with Gasteiger partial charge in [0, 0.05) is 23.1 Å². The molecular weight excluding hydrogens is 296 g/mol. The van der Waals surface area contributed by atoms with Crippen LogP contribution in [0.25, 0.3) is 0 Å². The predicted octanol–water partition coefficient (Wildman–Crippen LogP) is 5.73. The zero-order valence-electron chi connectivity index (χ0n) is 15.8. The van der Waals surface area contributed by atoms with Gasteiger partial charge in [0.1, 0.15) is 11.5 Å². The molecule has 2 aromatic rings. The van der Waals surface area contributed by atoms with Gasteiger partial charge in [-0.3, -0.25) is 0 Å². The molecule has 0 heterocycles. The van der Waals surface area contributed by atoms with Gasteiger partial charge < -0.3 is 9.47 Å². The molecule has 0 spiro atoms. The fourth-order valence-corrected chi connectivity index (χ4v) is 3.07. The Bertz CT molecular complexity index is 659. The monoisotopic (exact) mass is 325 g/mol. The van der Waals surface area contributed by atoms with Crippen molar-refractivity contribution in [2.24, 2.45) is 0 Å². The molecule has 0 N–H and O–H groups in total. The zero-order valence-corrected chi connectivity index (χ0v) is 15.8. The van der Waals surface area contributed by atoms with Crippen LogP contribution in [0, 0.1) is 6.07 Å². The molecule has 0 saturated carbocycles. The van der Waals surface area contributed by atoms with E-state index in [1.807, 2.05) is 6.07 Å². The molecule has 2 heteroatoms. The second-order valence-electron chi connectivity index (χ2n) is 6.62. The Hall–Kier alpha value is -1.96. The minimum atomic E-state index is 0.350. The van der Waals surface area contributed by atoms with E-state index in [2.05, 4.69) is 58.0 Å². The van der Waals surface area contributed by atoms with Gasteiger partial charge in [-0.1, -0.05) is 58.0 Å². The lowest BCUT2D eigenvalue weighted by atomic mass is 9.87. The van der Waals surface area contributed by atoms with Crippen LogP contribution < -0.4 is 9.47 Å². The van der Waals surface area contributed by atoms with E-state index in [-0.39, 0.29) is 0 Å². The van der Waals surface area contributed by atoms with Crippen LogP contribution in [0.3, 0.4) is 0 Å². The fraction of sp³-hybridized carbons (Fsp3) is 0.455. The first-order chi connectivity index (χ1) is 11.5. The third kappa shape index (κ3) is 3.75. The summed E-state index contributed by atoms with van der Waals surface area (Å²) in [6.45, 7) is 8.81.